The van der Waals surface area contributed by atoms with Crippen molar-refractivity contribution in [3.63, 3.8) is 0 Å². The van der Waals surface area contributed by atoms with Crippen molar-refractivity contribution in [2.24, 2.45) is 0 Å². The van der Waals surface area contributed by atoms with Gasteiger partial charge >= 0.3 is 0 Å². The molecule has 0 saturated carbocycles. The van der Waals surface area contributed by atoms with E-state index in [4.69, 9.17) is 0 Å². The largest absolute Gasteiger partial charge is 0.314 e. The minimum atomic E-state index is 0.249. The summed E-state index contributed by atoms with van der Waals surface area (Å²) in [6.45, 7) is 9.33. The third kappa shape index (κ3) is 5.15. The van der Waals surface area contributed by atoms with Gasteiger partial charge in [-0.25, -0.2) is 0 Å². The lowest BCUT2D eigenvalue weighted by atomic mass is 10.1. The van der Waals surface area contributed by atoms with Crippen LogP contribution in [0.1, 0.15) is 58.7 Å². The van der Waals surface area contributed by atoms with Crippen LogP contribution in [-0.2, 0) is 11.2 Å². The minimum Gasteiger partial charge on any atom is -0.314 e. The molecule has 0 fully saturated rings. The first-order valence-corrected chi connectivity index (χ1v) is 7.39. The van der Waals surface area contributed by atoms with Crippen LogP contribution in [0.3, 0.4) is 0 Å². The summed E-state index contributed by atoms with van der Waals surface area (Å²) in [6.07, 6.45) is 5.16. The van der Waals surface area contributed by atoms with Crippen molar-refractivity contribution in [3.05, 3.63) is 18.0 Å². The number of carbonyl (C=O) groups is 1. The van der Waals surface area contributed by atoms with Gasteiger partial charge in [-0.3, -0.25) is 9.48 Å². The Morgan fingerprint density at radius 2 is 2.05 bits per heavy atom. The molecule has 1 N–H and O–H groups in total. The van der Waals surface area contributed by atoms with Crippen molar-refractivity contribution >= 4 is 5.78 Å². The van der Waals surface area contributed by atoms with E-state index in [0.29, 0.717) is 18.9 Å². The zero-order valence-electron chi connectivity index (χ0n) is 12.6. The Kier molecular flexibility index (Phi) is 6.78. The van der Waals surface area contributed by atoms with Gasteiger partial charge in [-0.05, 0) is 32.4 Å². The number of Topliss-reactive ketones (excluding diaryl/α,β-unsaturated/α-hetero) is 1. The molecule has 1 rings (SSSR count). The molecule has 4 heteroatoms. The minimum absolute atomic E-state index is 0.249. The van der Waals surface area contributed by atoms with E-state index in [1.165, 1.54) is 0 Å². The summed E-state index contributed by atoms with van der Waals surface area (Å²) in [6, 6.07) is 2.66. The Morgan fingerprint density at radius 1 is 1.37 bits per heavy atom. The number of nitrogens with one attached hydrogen (secondary N) is 1. The summed E-state index contributed by atoms with van der Waals surface area (Å²) < 4.78 is 2.00. The van der Waals surface area contributed by atoms with E-state index >= 15 is 0 Å². The van der Waals surface area contributed by atoms with E-state index in [-0.39, 0.29) is 11.8 Å². The van der Waals surface area contributed by atoms with Gasteiger partial charge in [0.1, 0.15) is 5.78 Å². The molecule has 1 aromatic heterocycles. The van der Waals surface area contributed by atoms with Crippen LogP contribution >= 0.6 is 0 Å². The molecular formula is C15H27N3O. The molecule has 1 atom stereocenters. The predicted octanol–water partition coefficient (Wildman–Crippen LogP) is 2.74. The van der Waals surface area contributed by atoms with Crippen LogP contribution in [0.2, 0.25) is 0 Å². The zero-order valence-corrected chi connectivity index (χ0v) is 12.6. The number of nitrogens with zero attached hydrogens (tertiary/aromatic N) is 2. The van der Waals surface area contributed by atoms with Gasteiger partial charge < -0.3 is 5.32 Å². The standard InChI is InChI=1S/C15H27N3O/c1-5-14(6-2)18-9-8-13(17-18)11-15(19)10-12(4)16-7-3/h8-9,12,14,16H,5-7,10-11H2,1-4H3. The molecule has 0 aliphatic heterocycles. The maximum absolute atomic E-state index is 11.9. The highest BCUT2D eigenvalue weighted by molar-refractivity contribution is 5.80. The van der Waals surface area contributed by atoms with Crippen molar-refractivity contribution in [2.45, 2.75) is 65.5 Å². The van der Waals surface area contributed by atoms with Crippen LogP contribution < -0.4 is 5.32 Å². The first-order chi connectivity index (χ1) is 9.10. The first kappa shape index (κ1) is 15.9. The summed E-state index contributed by atoms with van der Waals surface area (Å²) in [7, 11) is 0. The molecule has 19 heavy (non-hydrogen) atoms. The third-order valence-corrected chi connectivity index (χ3v) is 3.44. The van der Waals surface area contributed by atoms with Gasteiger partial charge in [0.2, 0.25) is 0 Å². The Hall–Kier alpha value is -1.16. The van der Waals surface area contributed by atoms with Crippen LogP contribution in [0, 0.1) is 0 Å². The summed E-state index contributed by atoms with van der Waals surface area (Å²) >= 11 is 0. The summed E-state index contributed by atoms with van der Waals surface area (Å²) in [4.78, 5) is 11.9. The lowest BCUT2D eigenvalue weighted by molar-refractivity contribution is -0.118. The summed E-state index contributed by atoms with van der Waals surface area (Å²) in [5.41, 5.74) is 0.889. The van der Waals surface area contributed by atoms with E-state index in [1.54, 1.807) is 0 Å². The number of ketones is 1. The zero-order chi connectivity index (χ0) is 14.3. The van der Waals surface area contributed by atoms with E-state index in [2.05, 4.69) is 31.2 Å². The Morgan fingerprint density at radius 3 is 2.63 bits per heavy atom. The molecule has 1 heterocycles. The van der Waals surface area contributed by atoms with Gasteiger partial charge in [0.25, 0.3) is 0 Å². The second-order valence-electron chi connectivity index (χ2n) is 5.14. The van der Waals surface area contributed by atoms with Crippen molar-refractivity contribution in [1.82, 2.24) is 15.1 Å². The second kappa shape index (κ2) is 8.10. The Bertz CT molecular complexity index is 382. The molecule has 1 unspecified atom stereocenters. The predicted molar refractivity (Wildman–Crippen MR) is 78.3 cm³/mol. The molecule has 4 nitrogen and oxygen atoms in total. The molecule has 0 amide bonds. The van der Waals surface area contributed by atoms with Crippen molar-refractivity contribution in [2.75, 3.05) is 6.54 Å². The fraction of sp³-hybridized carbons (Fsp3) is 0.733. The fourth-order valence-corrected chi connectivity index (χ4v) is 2.37. The highest BCUT2D eigenvalue weighted by Gasteiger charge is 2.12. The fourth-order valence-electron chi connectivity index (χ4n) is 2.37. The Balaban J connectivity index is 2.51. The highest BCUT2D eigenvalue weighted by Crippen LogP contribution is 2.14. The van der Waals surface area contributed by atoms with Crippen molar-refractivity contribution in [1.29, 1.82) is 0 Å². The van der Waals surface area contributed by atoms with Crippen LogP contribution in [-0.4, -0.2) is 28.2 Å². The number of hydrogen-bond donors (Lipinski definition) is 1. The molecule has 0 spiro atoms. The van der Waals surface area contributed by atoms with Gasteiger partial charge in [0.15, 0.2) is 0 Å². The lowest BCUT2D eigenvalue weighted by Crippen LogP contribution is -2.28. The molecule has 1 aromatic rings. The SMILES string of the molecule is CCNC(C)CC(=O)Cc1ccn(C(CC)CC)n1. The lowest BCUT2D eigenvalue weighted by Gasteiger charge is -2.12. The van der Waals surface area contributed by atoms with Crippen LogP contribution in [0.4, 0.5) is 0 Å². The first-order valence-electron chi connectivity index (χ1n) is 7.39. The summed E-state index contributed by atoms with van der Waals surface area (Å²) in [5, 5.41) is 7.78. The molecule has 108 valence electrons. The van der Waals surface area contributed by atoms with Gasteiger partial charge in [-0.1, -0.05) is 20.8 Å². The van der Waals surface area contributed by atoms with Gasteiger partial charge in [-0.2, -0.15) is 5.10 Å². The second-order valence-corrected chi connectivity index (χ2v) is 5.14. The van der Waals surface area contributed by atoms with E-state index in [0.717, 1.165) is 25.1 Å². The molecular weight excluding hydrogens is 238 g/mol. The third-order valence-electron chi connectivity index (χ3n) is 3.44. The van der Waals surface area contributed by atoms with Crippen molar-refractivity contribution < 1.29 is 4.79 Å². The topological polar surface area (TPSA) is 46.9 Å². The average molecular weight is 265 g/mol. The molecule has 0 saturated heterocycles. The number of carbonyl (C=O) groups excluding carboxylic acids is 1. The Labute approximate surface area is 116 Å². The van der Waals surface area contributed by atoms with E-state index in [1.807, 2.05) is 23.9 Å². The number of rotatable bonds is 9. The number of aromatic nitrogens is 2. The van der Waals surface area contributed by atoms with E-state index < -0.39 is 0 Å². The molecule has 0 aliphatic carbocycles. The van der Waals surface area contributed by atoms with Crippen molar-refractivity contribution in [3.8, 4) is 0 Å². The molecule has 0 aliphatic rings. The molecule has 0 bridgehead atoms. The van der Waals surface area contributed by atoms with E-state index in [9.17, 15) is 4.79 Å². The van der Waals surface area contributed by atoms with Gasteiger partial charge in [0.05, 0.1) is 18.2 Å². The van der Waals surface area contributed by atoms with Crippen LogP contribution in [0.25, 0.3) is 0 Å². The smallest absolute Gasteiger partial charge is 0.140 e. The van der Waals surface area contributed by atoms with Crippen LogP contribution in [0.5, 0.6) is 0 Å². The average Bonchev–Trinajstić information content (AvgIpc) is 2.79. The highest BCUT2D eigenvalue weighted by atomic mass is 16.1. The quantitative estimate of drug-likeness (QED) is 0.747. The maximum Gasteiger partial charge on any atom is 0.140 e. The van der Waals surface area contributed by atoms with Crippen LogP contribution in [0.15, 0.2) is 12.3 Å². The molecule has 0 radical (unpaired) electrons. The summed E-state index contributed by atoms with van der Waals surface area (Å²) in [5.74, 6) is 0.253. The molecule has 0 aromatic carbocycles. The van der Waals surface area contributed by atoms with Gasteiger partial charge in [-0.15, -0.1) is 0 Å². The van der Waals surface area contributed by atoms with Gasteiger partial charge in [0, 0.05) is 18.7 Å². The monoisotopic (exact) mass is 265 g/mol. The normalized spacial score (nSPS) is 12.9. The number of hydrogen-bond acceptors (Lipinski definition) is 3. The maximum atomic E-state index is 11.9.